The van der Waals surface area contributed by atoms with E-state index in [1.807, 2.05) is 0 Å². The monoisotopic (exact) mass is 359 g/mol. The van der Waals surface area contributed by atoms with Crippen molar-refractivity contribution in [1.29, 1.82) is 0 Å². The van der Waals surface area contributed by atoms with E-state index < -0.39 is 5.79 Å². The number of likely N-dealkylation sites (tertiary alicyclic amines) is 1. The van der Waals surface area contributed by atoms with Crippen LogP contribution in [0.15, 0.2) is 12.1 Å². The van der Waals surface area contributed by atoms with Crippen LogP contribution < -0.4 is 4.74 Å². The van der Waals surface area contributed by atoms with Gasteiger partial charge in [0.05, 0.1) is 30.4 Å². The summed E-state index contributed by atoms with van der Waals surface area (Å²) < 4.78 is 16.9. The second-order valence-corrected chi connectivity index (χ2v) is 6.51. The number of amides is 1. The van der Waals surface area contributed by atoms with Gasteiger partial charge in [0.1, 0.15) is 5.56 Å². The first-order valence-electron chi connectivity index (χ1n) is 7.65. The third kappa shape index (κ3) is 3.29. The van der Waals surface area contributed by atoms with Crippen molar-refractivity contribution in [2.75, 3.05) is 33.4 Å². The molecule has 0 aliphatic carbocycles. The van der Waals surface area contributed by atoms with Gasteiger partial charge >= 0.3 is 0 Å². The number of ether oxygens (including phenoxy) is 3. The number of carbonyl (C=O) groups is 1. The SMILES string of the molecule is COc1c(Cl)ccc(Cl)c1C(=O)N1CCC2(CC1)OCCCO2. The van der Waals surface area contributed by atoms with Gasteiger partial charge in [-0.1, -0.05) is 23.2 Å². The second-order valence-electron chi connectivity index (χ2n) is 5.69. The van der Waals surface area contributed by atoms with Crippen molar-refractivity contribution in [3.8, 4) is 5.75 Å². The molecule has 0 radical (unpaired) electrons. The Labute approximate surface area is 145 Å². The molecule has 126 valence electrons. The molecule has 0 atom stereocenters. The summed E-state index contributed by atoms with van der Waals surface area (Å²) in [7, 11) is 1.48. The van der Waals surface area contributed by atoms with Crippen LogP contribution in [0.5, 0.6) is 5.75 Å². The highest BCUT2D eigenvalue weighted by atomic mass is 35.5. The van der Waals surface area contributed by atoms with E-state index in [0.717, 1.165) is 6.42 Å². The Bertz CT molecular complexity index is 592. The molecule has 0 unspecified atom stereocenters. The Balaban J connectivity index is 1.76. The zero-order chi connectivity index (χ0) is 16.4. The zero-order valence-corrected chi connectivity index (χ0v) is 14.5. The molecule has 1 aromatic rings. The van der Waals surface area contributed by atoms with Gasteiger partial charge in [-0.05, 0) is 18.6 Å². The van der Waals surface area contributed by atoms with E-state index in [0.29, 0.717) is 60.5 Å². The topological polar surface area (TPSA) is 48.0 Å². The number of carbonyl (C=O) groups excluding carboxylic acids is 1. The van der Waals surface area contributed by atoms with E-state index in [1.54, 1.807) is 17.0 Å². The molecule has 3 rings (SSSR count). The highest BCUT2D eigenvalue weighted by Gasteiger charge is 2.40. The number of methoxy groups -OCH3 is 1. The van der Waals surface area contributed by atoms with Gasteiger partial charge in [0.2, 0.25) is 0 Å². The van der Waals surface area contributed by atoms with Crippen molar-refractivity contribution in [2.45, 2.75) is 25.0 Å². The van der Waals surface area contributed by atoms with Crippen LogP contribution in [0.3, 0.4) is 0 Å². The first-order valence-corrected chi connectivity index (χ1v) is 8.41. The van der Waals surface area contributed by atoms with Gasteiger partial charge < -0.3 is 19.1 Å². The Morgan fingerprint density at radius 3 is 2.39 bits per heavy atom. The van der Waals surface area contributed by atoms with E-state index in [9.17, 15) is 4.79 Å². The number of rotatable bonds is 2. The maximum absolute atomic E-state index is 12.8. The average Bonchev–Trinajstić information content (AvgIpc) is 2.57. The lowest BCUT2D eigenvalue weighted by Gasteiger charge is -2.43. The molecule has 1 spiro atoms. The van der Waals surface area contributed by atoms with Crippen LogP contribution in [0.25, 0.3) is 0 Å². The summed E-state index contributed by atoms with van der Waals surface area (Å²) in [6, 6.07) is 3.23. The molecule has 2 aliphatic heterocycles. The lowest BCUT2D eigenvalue weighted by atomic mass is 10.0. The van der Waals surface area contributed by atoms with Crippen molar-refractivity contribution >= 4 is 29.1 Å². The van der Waals surface area contributed by atoms with Gasteiger partial charge in [-0.3, -0.25) is 4.79 Å². The minimum absolute atomic E-state index is 0.181. The maximum atomic E-state index is 12.8. The van der Waals surface area contributed by atoms with Crippen molar-refractivity contribution in [1.82, 2.24) is 4.90 Å². The zero-order valence-electron chi connectivity index (χ0n) is 12.9. The molecule has 7 heteroatoms. The predicted molar refractivity (Wildman–Crippen MR) is 87.4 cm³/mol. The number of halogens is 2. The number of nitrogens with zero attached hydrogens (tertiary/aromatic N) is 1. The van der Waals surface area contributed by atoms with Gasteiger partial charge in [-0.2, -0.15) is 0 Å². The molecule has 1 amide bonds. The Morgan fingerprint density at radius 2 is 1.78 bits per heavy atom. The molecule has 23 heavy (non-hydrogen) atoms. The number of piperidine rings is 1. The van der Waals surface area contributed by atoms with E-state index in [4.69, 9.17) is 37.4 Å². The van der Waals surface area contributed by atoms with Crippen LogP contribution >= 0.6 is 23.2 Å². The van der Waals surface area contributed by atoms with E-state index >= 15 is 0 Å². The van der Waals surface area contributed by atoms with E-state index in [-0.39, 0.29) is 5.91 Å². The molecule has 2 fully saturated rings. The first kappa shape index (κ1) is 16.8. The molecule has 0 bridgehead atoms. The molecule has 1 aromatic carbocycles. The molecule has 0 N–H and O–H groups in total. The Kier molecular flexibility index (Phi) is 5.01. The lowest BCUT2D eigenvalue weighted by molar-refractivity contribution is -0.281. The highest BCUT2D eigenvalue weighted by Crippen LogP contribution is 2.36. The van der Waals surface area contributed by atoms with Crippen LogP contribution in [0.4, 0.5) is 0 Å². The summed E-state index contributed by atoms with van der Waals surface area (Å²) in [5.41, 5.74) is 0.308. The quantitative estimate of drug-likeness (QED) is 0.812. The molecule has 2 heterocycles. The van der Waals surface area contributed by atoms with Crippen LogP contribution in [-0.4, -0.2) is 50.0 Å². The number of hydrogen-bond acceptors (Lipinski definition) is 4. The first-order chi connectivity index (χ1) is 11.1. The summed E-state index contributed by atoms with van der Waals surface area (Å²) in [6.45, 7) is 2.51. The lowest BCUT2D eigenvalue weighted by Crippen LogP contribution is -2.51. The molecule has 0 aromatic heterocycles. The Hall–Kier alpha value is -1.01. The number of hydrogen-bond donors (Lipinski definition) is 0. The molecular weight excluding hydrogens is 341 g/mol. The van der Waals surface area contributed by atoms with Crippen molar-refractivity contribution < 1.29 is 19.0 Å². The van der Waals surface area contributed by atoms with Crippen LogP contribution in [0, 0.1) is 0 Å². The number of benzene rings is 1. The highest BCUT2D eigenvalue weighted by molar-refractivity contribution is 6.37. The third-order valence-electron chi connectivity index (χ3n) is 4.31. The Morgan fingerprint density at radius 1 is 1.17 bits per heavy atom. The molecule has 2 aliphatic rings. The van der Waals surface area contributed by atoms with Gasteiger partial charge in [-0.15, -0.1) is 0 Å². The van der Waals surface area contributed by atoms with Crippen molar-refractivity contribution in [3.63, 3.8) is 0 Å². The fraction of sp³-hybridized carbons (Fsp3) is 0.562. The van der Waals surface area contributed by atoms with Crippen LogP contribution in [0.2, 0.25) is 10.0 Å². The van der Waals surface area contributed by atoms with Crippen LogP contribution in [0.1, 0.15) is 29.6 Å². The predicted octanol–water partition coefficient (Wildman–Crippen LogP) is 3.37. The standard InChI is InChI=1S/C16H19Cl2NO4/c1-21-14-12(18)4-3-11(17)13(14)15(20)19-7-5-16(6-8-19)22-9-2-10-23-16/h3-4H,2,5-10H2,1H3. The van der Waals surface area contributed by atoms with Gasteiger partial charge in [0.15, 0.2) is 11.5 Å². The van der Waals surface area contributed by atoms with Crippen molar-refractivity contribution in [2.24, 2.45) is 0 Å². The maximum Gasteiger partial charge on any atom is 0.259 e. The minimum Gasteiger partial charge on any atom is -0.494 e. The summed E-state index contributed by atoms with van der Waals surface area (Å²) in [5.74, 6) is -0.397. The average molecular weight is 360 g/mol. The molecular formula is C16H19Cl2NO4. The summed E-state index contributed by atoms with van der Waals surface area (Å²) in [5, 5.41) is 0.703. The van der Waals surface area contributed by atoms with Gasteiger partial charge in [0.25, 0.3) is 5.91 Å². The molecule has 0 saturated carbocycles. The second kappa shape index (κ2) is 6.85. The van der Waals surface area contributed by atoms with Crippen molar-refractivity contribution in [3.05, 3.63) is 27.7 Å². The fourth-order valence-electron chi connectivity index (χ4n) is 3.05. The summed E-state index contributed by atoms with van der Waals surface area (Å²) in [4.78, 5) is 14.6. The summed E-state index contributed by atoms with van der Waals surface area (Å²) in [6.07, 6.45) is 2.22. The third-order valence-corrected chi connectivity index (χ3v) is 4.92. The van der Waals surface area contributed by atoms with Gasteiger partial charge in [0, 0.05) is 25.9 Å². The largest absolute Gasteiger partial charge is 0.494 e. The fourth-order valence-corrected chi connectivity index (χ4v) is 3.51. The minimum atomic E-state index is -0.531. The van der Waals surface area contributed by atoms with Crippen LogP contribution in [-0.2, 0) is 9.47 Å². The van der Waals surface area contributed by atoms with Gasteiger partial charge in [-0.25, -0.2) is 0 Å². The molecule has 5 nitrogen and oxygen atoms in total. The molecule has 2 saturated heterocycles. The smallest absolute Gasteiger partial charge is 0.259 e. The van der Waals surface area contributed by atoms with E-state index in [2.05, 4.69) is 0 Å². The normalized spacial score (nSPS) is 20.6. The van der Waals surface area contributed by atoms with E-state index in [1.165, 1.54) is 7.11 Å². The summed E-state index contributed by atoms with van der Waals surface area (Å²) >= 11 is 12.3.